The summed E-state index contributed by atoms with van der Waals surface area (Å²) in [6.45, 7) is 6.00. The third-order valence-corrected chi connectivity index (χ3v) is 5.66. The summed E-state index contributed by atoms with van der Waals surface area (Å²) >= 11 is 0. The van der Waals surface area contributed by atoms with Crippen LogP contribution in [0.1, 0.15) is 13.3 Å². The summed E-state index contributed by atoms with van der Waals surface area (Å²) in [6, 6.07) is 0. The topological polar surface area (TPSA) is 73.0 Å². The van der Waals surface area contributed by atoms with Crippen LogP contribution in [0.2, 0.25) is 0 Å². The number of nitrogens with zero attached hydrogens (tertiary/aromatic N) is 3. The minimum Gasteiger partial charge on any atom is -0.342 e. The molecule has 2 fully saturated rings. The molecule has 1 amide bonds. The third kappa shape index (κ3) is 3.44. The van der Waals surface area contributed by atoms with Gasteiger partial charge in [0, 0.05) is 59.3 Å². The van der Waals surface area contributed by atoms with Crippen LogP contribution in [0.5, 0.6) is 0 Å². The smallest absolute Gasteiger partial charge is 0.282 e. The first-order valence-electron chi connectivity index (χ1n) is 6.73. The first kappa shape index (κ1) is 14.7. The average Bonchev–Trinajstić information content (AvgIpc) is 2.66. The van der Waals surface area contributed by atoms with E-state index >= 15 is 0 Å². The minimum absolute atomic E-state index is 0.0152. The summed E-state index contributed by atoms with van der Waals surface area (Å²) in [7, 11) is -3.37. The maximum absolute atomic E-state index is 12.5. The number of hydrogen-bond donors (Lipinski definition) is 1. The molecule has 0 atom stereocenters. The van der Waals surface area contributed by atoms with Crippen LogP contribution >= 0.6 is 0 Å². The van der Waals surface area contributed by atoms with E-state index in [2.05, 4.69) is 5.32 Å². The fraction of sp³-hybridized carbons (Fsp3) is 0.909. The summed E-state index contributed by atoms with van der Waals surface area (Å²) in [4.78, 5) is 13.1. The van der Waals surface area contributed by atoms with Crippen molar-refractivity contribution in [1.82, 2.24) is 18.8 Å². The van der Waals surface area contributed by atoms with Crippen LogP contribution < -0.4 is 5.32 Å². The van der Waals surface area contributed by atoms with E-state index in [1.807, 2.05) is 0 Å². The molecule has 2 saturated heterocycles. The Bertz CT molecular complexity index is 420. The van der Waals surface area contributed by atoms with Gasteiger partial charge in [-0.3, -0.25) is 4.79 Å². The van der Waals surface area contributed by atoms with Crippen LogP contribution in [0, 0.1) is 0 Å². The highest BCUT2D eigenvalue weighted by Crippen LogP contribution is 2.13. The van der Waals surface area contributed by atoms with Crippen LogP contribution in [0.25, 0.3) is 0 Å². The van der Waals surface area contributed by atoms with Gasteiger partial charge < -0.3 is 10.2 Å². The second kappa shape index (κ2) is 6.17. The molecule has 2 aliphatic heterocycles. The molecule has 0 radical (unpaired) electrons. The lowest BCUT2D eigenvalue weighted by atomic mass is 10.4. The van der Waals surface area contributed by atoms with E-state index < -0.39 is 10.2 Å². The van der Waals surface area contributed by atoms with Crippen molar-refractivity contribution in [2.45, 2.75) is 13.3 Å². The van der Waals surface area contributed by atoms with Crippen molar-refractivity contribution in [1.29, 1.82) is 0 Å². The molecule has 0 spiro atoms. The largest absolute Gasteiger partial charge is 0.342 e. The summed E-state index contributed by atoms with van der Waals surface area (Å²) in [6.07, 6.45) is 0.699. The minimum atomic E-state index is -3.37. The summed E-state index contributed by atoms with van der Waals surface area (Å²) in [5, 5.41) is 3.15. The van der Waals surface area contributed by atoms with Crippen LogP contribution in [0.3, 0.4) is 0 Å². The highest BCUT2D eigenvalue weighted by molar-refractivity contribution is 7.86. The van der Waals surface area contributed by atoms with Crippen LogP contribution in [0.4, 0.5) is 0 Å². The fourth-order valence-corrected chi connectivity index (χ4v) is 4.12. The predicted molar refractivity (Wildman–Crippen MR) is 71.8 cm³/mol. The average molecular weight is 290 g/mol. The van der Waals surface area contributed by atoms with Gasteiger partial charge in [-0.1, -0.05) is 0 Å². The third-order valence-electron chi connectivity index (χ3n) is 3.63. The molecular formula is C11H22N4O3S. The molecule has 0 aromatic carbocycles. The molecule has 2 aliphatic rings. The van der Waals surface area contributed by atoms with E-state index in [0.717, 1.165) is 0 Å². The zero-order valence-electron chi connectivity index (χ0n) is 11.3. The molecule has 0 bridgehead atoms. The number of hydrogen-bond acceptors (Lipinski definition) is 4. The van der Waals surface area contributed by atoms with Gasteiger partial charge in [0.2, 0.25) is 5.91 Å². The first-order valence-corrected chi connectivity index (χ1v) is 8.13. The van der Waals surface area contributed by atoms with Crippen molar-refractivity contribution in [3.8, 4) is 0 Å². The molecule has 2 rings (SSSR count). The molecule has 2 heterocycles. The van der Waals surface area contributed by atoms with Gasteiger partial charge in [-0.25, -0.2) is 0 Å². The zero-order chi connectivity index (χ0) is 13.9. The fourth-order valence-electron chi connectivity index (χ4n) is 2.48. The Morgan fingerprint density at radius 3 is 2.21 bits per heavy atom. The van der Waals surface area contributed by atoms with Gasteiger partial charge >= 0.3 is 0 Å². The van der Waals surface area contributed by atoms with Gasteiger partial charge in [-0.2, -0.15) is 17.0 Å². The SMILES string of the molecule is CC(=O)N1CCCN(S(=O)(=O)N2CCNCC2)CC1. The van der Waals surface area contributed by atoms with Crippen LogP contribution in [0.15, 0.2) is 0 Å². The molecule has 0 unspecified atom stereocenters. The molecule has 8 heteroatoms. The van der Waals surface area contributed by atoms with Crippen molar-refractivity contribution in [2.75, 3.05) is 52.4 Å². The maximum atomic E-state index is 12.5. The van der Waals surface area contributed by atoms with Gasteiger partial charge in [-0.15, -0.1) is 0 Å². The number of rotatable bonds is 2. The van der Waals surface area contributed by atoms with Gasteiger partial charge in [0.25, 0.3) is 10.2 Å². The van der Waals surface area contributed by atoms with Gasteiger partial charge in [0.05, 0.1) is 0 Å². The quantitative estimate of drug-likeness (QED) is 0.685. The molecule has 1 N–H and O–H groups in total. The first-order chi connectivity index (χ1) is 9.01. The standard InChI is InChI=1S/C11H22N4O3S/c1-11(16)13-5-2-6-14(10-9-13)19(17,18)15-7-3-12-4-8-15/h12H,2-10H2,1H3. The molecular weight excluding hydrogens is 268 g/mol. The van der Waals surface area contributed by atoms with Crippen molar-refractivity contribution in [2.24, 2.45) is 0 Å². The van der Waals surface area contributed by atoms with Crippen LogP contribution in [-0.2, 0) is 15.0 Å². The second-order valence-electron chi connectivity index (χ2n) is 4.92. The zero-order valence-corrected chi connectivity index (χ0v) is 12.2. The number of nitrogens with one attached hydrogen (secondary N) is 1. The second-order valence-corrected chi connectivity index (χ2v) is 6.84. The Morgan fingerprint density at radius 1 is 0.947 bits per heavy atom. The predicted octanol–water partition coefficient (Wildman–Crippen LogP) is -1.31. The molecule has 0 aromatic heterocycles. The Labute approximate surface area is 114 Å². The van der Waals surface area contributed by atoms with Crippen molar-refractivity contribution in [3.05, 3.63) is 0 Å². The molecule has 7 nitrogen and oxygen atoms in total. The van der Waals surface area contributed by atoms with Crippen molar-refractivity contribution >= 4 is 16.1 Å². The summed E-state index contributed by atoms with van der Waals surface area (Å²) < 4.78 is 28.0. The number of carbonyl (C=O) groups excluding carboxylic acids is 1. The molecule has 0 aromatic rings. The highest BCUT2D eigenvalue weighted by Gasteiger charge is 2.31. The number of carbonyl (C=O) groups is 1. The van der Waals surface area contributed by atoms with E-state index in [-0.39, 0.29) is 5.91 Å². The van der Waals surface area contributed by atoms with Crippen molar-refractivity contribution in [3.63, 3.8) is 0 Å². The van der Waals surface area contributed by atoms with E-state index in [9.17, 15) is 13.2 Å². The summed E-state index contributed by atoms with van der Waals surface area (Å²) in [5.74, 6) is 0.0152. The van der Waals surface area contributed by atoms with E-state index in [4.69, 9.17) is 0 Å². The molecule has 0 aliphatic carbocycles. The normalized spacial score (nSPS) is 24.2. The Kier molecular flexibility index (Phi) is 4.77. The number of piperazine rings is 1. The highest BCUT2D eigenvalue weighted by atomic mass is 32.2. The van der Waals surface area contributed by atoms with E-state index in [1.165, 1.54) is 15.5 Å². The summed E-state index contributed by atoms with van der Waals surface area (Å²) in [5.41, 5.74) is 0. The van der Waals surface area contributed by atoms with Gasteiger partial charge in [0.1, 0.15) is 0 Å². The Balaban J connectivity index is 2.02. The lowest BCUT2D eigenvalue weighted by molar-refractivity contribution is -0.128. The Hall–Kier alpha value is -0.700. The lowest BCUT2D eigenvalue weighted by Crippen LogP contribution is -2.52. The lowest BCUT2D eigenvalue weighted by Gasteiger charge is -2.31. The molecule has 19 heavy (non-hydrogen) atoms. The number of amides is 1. The molecule has 0 saturated carbocycles. The van der Waals surface area contributed by atoms with Gasteiger partial charge in [-0.05, 0) is 6.42 Å². The monoisotopic (exact) mass is 290 g/mol. The van der Waals surface area contributed by atoms with Gasteiger partial charge in [0.15, 0.2) is 0 Å². The van der Waals surface area contributed by atoms with E-state index in [0.29, 0.717) is 58.8 Å². The molecule has 110 valence electrons. The maximum Gasteiger partial charge on any atom is 0.282 e. The van der Waals surface area contributed by atoms with Crippen molar-refractivity contribution < 1.29 is 13.2 Å². The Morgan fingerprint density at radius 2 is 1.58 bits per heavy atom. The van der Waals surface area contributed by atoms with E-state index in [1.54, 1.807) is 4.90 Å². The van der Waals surface area contributed by atoms with Crippen LogP contribution in [-0.4, -0.2) is 80.2 Å².